The van der Waals surface area contributed by atoms with Crippen LogP contribution in [0, 0.1) is 0 Å². The van der Waals surface area contributed by atoms with Crippen molar-refractivity contribution in [2.24, 2.45) is 0 Å². The molecule has 0 radical (unpaired) electrons. The first-order valence-electron chi connectivity index (χ1n) is 9.07. The highest BCUT2D eigenvalue weighted by Crippen LogP contribution is 2.37. The minimum absolute atomic E-state index is 0.633. The van der Waals surface area contributed by atoms with E-state index in [9.17, 15) is 0 Å². The summed E-state index contributed by atoms with van der Waals surface area (Å²) in [6, 6.07) is 0.996. The van der Waals surface area contributed by atoms with Crippen LogP contribution in [-0.2, 0) is 17.7 Å². The maximum atomic E-state index is 6.11. The first-order chi connectivity index (χ1) is 11.1. The molecule has 0 aliphatic heterocycles. The third-order valence-corrected chi connectivity index (χ3v) is 20.5. The Bertz CT molecular complexity index is 380. The highest BCUT2D eigenvalue weighted by atomic mass is 28.4. The standard InChI is InChI=1S/C17H38O4Si3/c1-11-18-23(9,19-12-2)16(6)22(8,15-5)17(7)24(10,20-13-3)21-14-4/h6-7,11-15H2,1-5,8-10H3. The van der Waals surface area contributed by atoms with Crippen molar-refractivity contribution in [3.63, 3.8) is 0 Å². The van der Waals surface area contributed by atoms with Crippen LogP contribution in [0.3, 0.4) is 0 Å². The minimum atomic E-state index is -2.48. The topological polar surface area (TPSA) is 36.9 Å². The van der Waals surface area contributed by atoms with Crippen LogP contribution in [0.25, 0.3) is 0 Å². The van der Waals surface area contributed by atoms with E-state index in [0.29, 0.717) is 26.4 Å². The lowest BCUT2D eigenvalue weighted by atomic mass is 10.9. The summed E-state index contributed by atoms with van der Waals surface area (Å²) in [5.74, 6) is 0. The largest absolute Gasteiger partial charge is 0.392 e. The van der Waals surface area contributed by atoms with E-state index in [1.807, 2.05) is 27.7 Å². The Balaban J connectivity index is 5.87. The van der Waals surface area contributed by atoms with Crippen molar-refractivity contribution in [1.29, 1.82) is 0 Å². The van der Waals surface area contributed by atoms with Gasteiger partial charge in [0.2, 0.25) is 0 Å². The molecule has 4 nitrogen and oxygen atoms in total. The minimum Gasteiger partial charge on any atom is -0.392 e. The summed E-state index contributed by atoms with van der Waals surface area (Å²) in [5.41, 5.74) is 0. The second kappa shape index (κ2) is 10.2. The van der Waals surface area contributed by atoms with Crippen molar-refractivity contribution in [3.05, 3.63) is 22.8 Å². The van der Waals surface area contributed by atoms with Gasteiger partial charge in [-0.05, 0) is 50.4 Å². The average molecular weight is 391 g/mol. The zero-order valence-corrected chi connectivity index (χ0v) is 20.1. The Kier molecular flexibility index (Phi) is 10.2. The Morgan fingerprint density at radius 1 is 0.625 bits per heavy atom. The first kappa shape index (κ1) is 24.0. The molecule has 24 heavy (non-hydrogen) atoms. The Morgan fingerprint density at radius 2 is 0.875 bits per heavy atom. The fraction of sp³-hybridized carbons (Fsp3) is 0.765. The van der Waals surface area contributed by atoms with Crippen molar-refractivity contribution in [1.82, 2.24) is 0 Å². The van der Waals surface area contributed by atoms with Gasteiger partial charge in [-0.3, -0.25) is 0 Å². The molecular formula is C17H38O4Si3. The van der Waals surface area contributed by atoms with Crippen LogP contribution in [-0.4, -0.2) is 51.6 Å². The molecule has 0 N–H and O–H groups in total. The van der Waals surface area contributed by atoms with Gasteiger partial charge in [0.05, 0.1) is 0 Å². The van der Waals surface area contributed by atoms with Crippen molar-refractivity contribution < 1.29 is 17.7 Å². The quantitative estimate of drug-likeness (QED) is 0.429. The molecule has 0 unspecified atom stereocenters. The van der Waals surface area contributed by atoms with E-state index in [-0.39, 0.29) is 0 Å². The van der Waals surface area contributed by atoms with Crippen LogP contribution >= 0.6 is 0 Å². The lowest BCUT2D eigenvalue weighted by Gasteiger charge is -2.43. The maximum Gasteiger partial charge on any atom is 0.360 e. The molecule has 0 heterocycles. The Labute approximate surface area is 152 Å². The molecular weight excluding hydrogens is 352 g/mol. The number of hydrogen-bond donors (Lipinski definition) is 0. The third-order valence-electron chi connectivity index (χ3n) is 4.81. The lowest BCUT2D eigenvalue weighted by molar-refractivity contribution is 0.198. The molecule has 0 aliphatic carbocycles. The average Bonchev–Trinajstić information content (AvgIpc) is 2.53. The summed E-state index contributed by atoms with van der Waals surface area (Å²) in [4.78, 5) is 2.29. The van der Waals surface area contributed by atoms with E-state index < -0.39 is 25.2 Å². The van der Waals surface area contributed by atoms with E-state index in [0.717, 1.165) is 15.7 Å². The molecule has 0 fully saturated rings. The van der Waals surface area contributed by atoms with Crippen LogP contribution < -0.4 is 0 Å². The van der Waals surface area contributed by atoms with E-state index in [1.165, 1.54) is 0 Å². The summed E-state index contributed by atoms with van der Waals surface area (Å²) in [5, 5.41) is 0. The molecule has 0 rings (SSSR count). The molecule has 0 saturated carbocycles. The van der Waals surface area contributed by atoms with Crippen molar-refractivity contribution in [2.75, 3.05) is 26.4 Å². The van der Waals surface area contributed by atoms with Crippen LogP contribution in [0.4, 0.5) is 0 Å². The van der Waals surface area contributed by atoms with Crippen LogP contribution in [0.15, 0.2) is 22.8 Å². The molecule has 0 aromatic carbocycles. The van der Waals surface area contributed by atoms with Crippen LogP contribution in [0.1, 0.15) is 34.6 Å². The summed E-state index contributed by atoms with van der Waals surface area (Å²) in [6.45, 7) is 28.3. The molecule has 0 spiro atoms. The highest BCUT2D eigenvalue weighted by molar-refractivity contribution is 7.13. The van der Waals surface area contributed by atoms with Crippen molar-refractivity contribution in [2.45, 2.75) is 60.3 Å². The van der Waals surface area contributed by atoms with Gasteiger partial charge in [0.1, 0.15) is 8.07 Å². The molecule has 0 atom stereocenters. The predicted octanol–water partition coefficient (Wildman–Crippen LogP) is 4.64. The molecule has 0 saturated heterocycles. The van der Waals surface area contributed by atoms with Gasteiger partial charge < -0.3 is 17.7 Å². The smallest absolute Gasteiger partial charge is 0.360 e. The Morgan fingerprint density at radius 3 is 1.04 bits per heavy atom. The predicted molar refractivity (Wildman–Crippen MR) is 110 cm³/mol. The molecule has 0 aromatic heterocycles. The third kappa shape index (κ3) is 5.23. The van der Waals surface area contributed by atoms with Gasteiger partial charge in [0.15, 0.2) is 0 Å². The van der Waals surface area contributed by atoms with Crippen LogP contribution in [0.2, 0.25) is 25.7 Å². The van der Waals surface area contributed by atoms with Gasteiger partial charge in [-0.15, -0.1) is 13.2 Å². The Hall–Kier alpha value is -0.0294. The molecule has 0 aliphatic rings. The summed E-state index contributed by atoms with van der Waals surface area (Å²) >= 11 is 0. The number of rotatable bonds is 13. The van der Waals surface area contributed by atoms with Gasteiger partial charge in [-0.1, -0.05) is 19.5 Å². The second-order valence-electron chi connectivity index (χ2n) is 6.27. The second-order valence-corrected chi connectivity index (χ2v) is 18.0. The summed E-state index contributed by atoms with van der Waals surface area (Å²) < 4.78 is 24.4. The van der Waals surface area contributed by atoms with Gasteiger partial charge in [0.25, 0.3) is 0 Å². The molecule has 0 bridgehead atoms. The van der Waals surface area contributed by atoms with Gasteiger partial charge in [0, 0.05) is 26.4 Å². The van der Waals surface area contributed by atoms with E-state index >= 15 is 0 Å². The fourth-order valence-corrected chi connectivity index (χ4v) is 18.7. The zero-order chi connectivity index (χ0) is 19.0. The van der Waals surface area contributed by atoms with Gasteiger partial charge in [-0.25, -0.2) is 0 Å². The van der Waals surface area contributed by atoms with Crippen LogP contribution in [0.5, 0.6) is 0 Å². The van der Waals surface area contributed by atoms with E-state index in [4.69, 9.17) is 17.7 Å². The van der Waals surface area contributed by atoms with E-state index in [1.54, 1.807) is 0 Å². The molecule has 7 heteroatoms. The van der Waals surface area contributed by atoms with Crippen molar-refractivity contribution in [3.8, 4) is 0 Å². The molecule has 0 aromatic rings. The summed E-state index contributed by atoms with van der Waals surface area (Å²) in [7, 11) is -7.07. The number of hydrogen-bond acceptors (Lipinski definition) is 4. The van der Waals surface area contributed by atoms with Gasteiger partial charge >= 0.3 is 17.1 Å². The lowest BCUT2D eigenvalue weighted by Crippen LogP contribution is -2.58. The molecule has 0 amide bonds. The first-order valence-corrected chi connectivity index (χ1v) is 16.4. The van der Waals surface area contributed by atoms with E-state index in [2.05, 4.69) is 39.7 Å². The monoisotopic (exact) mass is 390 g/mol. The normalized spacial score (nSPS) is 13.2. The summed E-state index contributed by atoms with van der Waals surface area (Å²) in [6.07, 6.45) is 0. The van der Waals surface area contributed by atoms with Crippen molar-refractivity contribution >= 4 is 25.2 Å². The van der Waals surface area contributed by atoms with Gasteiger partial charge in [-0.2, -0.15) is 0 Å². The highest BCUT2D eigenvalue weighted by Gasteiger charge is 2.52. The maximum absolute atomic E-state index is 6.11. The fourth-order valence-electron chi connectivity index (χ4n) is 3.14. The molecule has 142 valence electrons. The zero-order valence-electron chi connectivity index (χ0n) is 17.1. The SMILES string of the molecule is C=C([Si](C)(OCC)OCC)[Si](C)(CC)C(=C)[Si](C)(OCC)OCC.